The second-order valence-corrected chi connectivity index (χ2v) is 8.77. The number of halogens is 1. The van der Waals surface area contributed by atoms with Gasteiger partial charge in [-0.2, -0.15) is 5.10 Å². The maximum Gasteiger partial charge on any atom is 0.256 e. The summed E-state index contributed by atoms with van der Waals surface area (Å²) in [5.41, 5.74) is 4.08. The average molecular weight is 439 g/mol. The van der Waals surface area contributed by atoms with Gasteiger partial charge in [0.2, 0.25) is 0 Å². The van der Waals surface area contributed by atoms with Gasteiger partial charge in [-0.15, -0.1) is 12.4 Å². The highest BCUT2D eigenvalue weighted by Crippen LogP contribution is 2.23. The van der Waals surface area contributed by atoms with Gasteiger partial charge >= 0.3 is 0 Å². The van der Waals surface area contributed by atoms with Crippen LogP contribution in [0.15, 0.2) is 48.8 Å². The van der Waals surface area contributed by atoms with Crippen LogP contribution in [0, 0.1) is 0 Å². The standard InChI is InChI=1S/C23H26N6O.ClH/c1-14(2)21-24-12-18(25-21)17-10-11-20-26-19(13-29(20)28-17)27-22(30)15-6-8-16(9-7-15)23(3,4)5;/h6-14H,1-5H3,(H,24,25)(H,27,30);1H. The molecule has 0 saturated carbocycles. The molecule has 0 atom stereocenters. The van der Waals surface area contributed by atoms with Crippen LogP contribution in [0.25, 0.3) is 17.0 Å². The Hall–Kier alpha value is -3.19. The van der Waals surface area contributed by atoms with Gasteiger partial charge < -0.3 is 10.3 Å². The number of hydrogen-bond donors (Lipinski definition) is 2. The molecule has 1 amide bonds. The molecule has 0 aliphatic rings. The van der Waals surface area contributed by atoms with E-state index in [0.717, 1.165) is 17.2 Å². The lowest BCUT2D eigenvalue weighted by atomic mass is 9.87. The summed E-state index contributed by atoms with van der Waals surface area (Å²) in [5.74, 6) is 1.49. The summed E-state index contributed by atoms with van der Waals surface area (Å²) in [5, 5.41) is 7.44. The summed E-state index contributed by atoms with van der Waals surface area (Å²) >= 11 is 0. The van der Waals surface area contributed by atoms with Crippen LogP contribution < -0.4 is 5.32 Å². The van der Waals surface area contributed by atoms with E-state index in [4.69, 9.17) is 0 Å². The molecule has 0 saturated heterocycles. The van der Waals surface area contributed by atoms with Crippen LogP contribution in [-0.4, -0.2) is 30.5 Å². The van der Waals surface area contributed by atoms with E-state index < -0.39 is 0 Å². The molecule has 0 bridgehead atoms. The fraction of sp³-hybridized carbons (Fsp3) is 0.304. The molecule has 0 aliphatic heterocycles. The van der Waals surface area contributed by atoms with Crippen LogP contribution in [-0.2, 0) is 5.41 Å². The number of benzene rings is 1. The molecule has 8 heteroatoms. The Bertz CT molecular complexity index is 1200. The first-order chi connectivity index (χ1) is 14.2. The number of nitrogens with zero attached hydrogens (tertiary/aromatic N) is 4. The zero-order valence-corrected chi connectivity index (χ0v) is 19.1. The fourth-order valence-corrected chi connectivity index (χ4v) is 3.16. The van der Waals surface area contributed by atoms with Gasteiger partial charge in [-0.1, -0.05) is 46.8 Å². The zero-order chi connectivity index (χ0) is 21.5. The monoisotopic (exact) mass is 438 g/mol. The molecule has 7 nitrogen and oxygen atoms in total. The predicted molar refractivity (Wildman–Crippen MR) is 125 cm³/mol. The number of carbonyl (C=O) groups excluding carboxylic acids is 1. The topological polar surface area (TPSA) is 88.0 Å². The van der Waals surface area contributed by atoms with E-state index in [1.54, 1.807) is 16.9 Å². The van der Waals surface area contributed by atoms with Gasteiger partial charge in [0.25, 0.3) is 5.91 Å². The first-order valence-electron chi connectivity index (χ1n) is 10.0. The minimum Gasteiger partial charge on any atom is -0.340 e. The molecule has 0 aliphatic carbocycles. The lowest BCUT2D eigenvalue weighted by molar-refractivity contribution is 0.102. The molecule has 2 N–H and O–H groups in total. The van der Waals surface area contributed by atoms with Crippen molar-refractivity contribution in [1.29, 1.82) is 0 Å². The van der Waals surface area contributed by atoms with Gasteiger partial charge in [0, 0.05) is 11.5 Å². The number of imidazole rings is 2. The van der Waals surface area contributed by atoms with Crippen molar-refractivity contribution in [1.82, 2.24) is 24.6 Å². The number of hydrogen-bond acceptors (Lipinski definition) is 4. The predicted octanol–water partition coefficient (Wildman–Crippen LogP) is 5.21. The normalized spacial score (nSPS) is 11.5. The second kappa shape index (κ2) is 8.51. The van der Waals surface area contributed by atoms with Crippen LogP contribution in [0.3, 0.4) is 0 Å². The van der Waals surface area contributed by atoms with E-state index in [1.165, 1.54) is 5.56 Å². The number of carbonyl (C=O) groups is 1. The molecule has 4 aromatic rings. The minimum atomic E-state index is -0.200. The Labute approximate surface area is 187 Å². The maximum atomic E-state index is 12.6. The third-order valence-electron chi connectivity index (χ3n) is 4.99. The van der Waals surface area contributed by atoms with Gasteiger partial charge in [-0.05, 0) is 35.2 Å². The molecule has 0 radical (unpaired) electrons. The summed E-state index contributed by atoms with van der Waals surface area (Å²) < 4.78 is 1.66. The first-order valence-corrected chi connectivity index (χ1v) is 10.0. The van der Waals surface area contributed by atoms with Crippen molar-refractivity contribution >= 4 is 29.8 Å². The van der Waals surface area contributed by atoms with Gasteiger partial charge in [0.1, 0.15) is 11.5 Å². The number of anilines is 1. The van der Waals surface area contributed by atoms with E-state index >= 15 is 0 Å². The third kappa shape index (κ3) is 4.77. The van der Waals surface area contributed by atoms with Crippen molar-refractivity contribution in [2.75, 3.05) is 5.32 Å². The van der Waals surface area contributed by atoms with E-state index in [9.17, 15) is 4.79 Å². The van der Waals surface area contributed by atoms with Crippen molar-refractivity contribution in [3.63, 3.8) is 0 Å². The largest absolute Gasteiger partial charge is 0.340 e. The van der Waals surface area contributed by atoms with Gasteiger partial charge in [-0.25, -0.2) is 14.5 Å². The molecule has 0 fully saturated rings. The summed E-state index contributed by atoms with van der Waals surface area (Å²) in [6.45, 7) is 10.6. The smallest absolute Gasteiger partial charge is 0.256 e. The minimum absolute atomic E-state index is 0. The number of nitrogens with one attached hydrogen (secondary N) is 2. The van der Waals surface area contributed by atoms with Crippen molar-refractivity contribution in [2.24, 2.45) is 0 Å². The Kier molecular flexibility index (Phi) is 6.18. The van der Waals surface area contributed by atoms with Crippen LogP contribution in [0.4, 0.5) is 5.82 Å². The van der Waals surface area contributed by atoms with E-state index in [0.29, 0.717) is 22.9 Å². The van der Waals surface area contributed by atoms with Crippen molar-refractivity contribution in [2.45, 2.75) is 46.0 Å². The number of aromatic amines is 1. The molecule has 0 unspecified atom stereocenters. The van der Waals surface area contributed by atoms with E-state index in [-0.39, 0.29) is 23.7 Å². The Balaban J connectivity index is 0.00000272. The highest BCUT2D eigenvalue weighted by atomic mass is 35.5. The van der Waals surface area contributed by atoms with Crippen LogP contribution in [0.5, 0.6) is 0 Å². The average Bonchev–Trinajstić information content (AvgIpc) is 3.33. The molecule has 1 aromatic carbocycles. The molecule has 3 heterocycles. The highest BCUT2D eigenvalue weighted by molar-refractivity contribution is 6.03. The molecule has 162 valence electrons. The summed E-state index contributed by atoms with van der Waals surface area (Å²) in [6.07, 6.45) is 3.49. The summed E-state index contributed by atoms with van der Waals surface area (Å²) in [7, 11) is 0. The Morgan fingerprint density at radius 2 is 1.81 bits per heavy atom. The summed E-state index contributed by atoms with van der Waals surface area (Å²) in [6, 6.07) is 11.4. The molecule has 0 spiro atoms. The number of rotatable bonds is 4. The van der Waals surface area contributed by atoms with Gasteiger partial charge in [0.15, 0.2) is 11.5 Å². The highest BCUT2D eigenvalue weighted by Gasteiger charge is 2.15. The van der Waals surface area contributed by atoms with Gasteiger partial charge in [0.05, 0.1) is 18.1 Å². The molecule has 4 rings (SSSR count). The van der Waals surface area contributed by atoms with Crippen molar-refractivity contribution < 1.29 is 4.79 Å². The first kappa shape index (κ1) is 22.5. The molecule has 31 heavy (non-hydrogen) atoms. The second-order valence-electron chi connectivity index (χ2n) is 8.77. The van der Waals surface area contributed by atoms with Gasteiger partial charge in [-0.3, -0.25) is 4.79 Å². The lowest BCUT2D eigenvalue weighted by Crippen LogP contribution is -2.14. The fourth-order valence-electron chi connectivity index (χ4n) is 3.16. The van der Waals surface area contributed by atoms with Crippen molar-refractivity contribution in [3.8, 4) is 11.4 Å². The summed E-state index contributed by atoms with van der Waals surface area (Å²) in [4.78, 5) is 24.7. The molecular weight excluding hydrogens is 412 g/mol. The Morgan fingerprint density at radius 1 is 1.10 bits per heavy atom. The third-order valence-corrected chi connectivity index (χ3v) is 4.99. The van der Waals surface area contributed by atoms with Crippen LogP contribution in [0.1, 0.15) is 62.3 Å². The van der Waals surface area contributed by atoms with Crippen LogP contribution >= 0.6 is 12.4 Å². The zero-order valence-electron chi connectivity index (χ0n) is 18.3. The van der Waals surface area contributed by atoms with Crippen molar-refractivity contribution in [3.05, 3.63) is 65.7 Å². The quantitative estimate of drug-likeness (QED) is 0.457. The number of fused-ring (bicyclic) bond motifs is 1. The maximum absolute atomic E-state index is 12.6. The lowest BCUT2D eigenvalue weighted by Gasteiger charge is -2.18. The molecule has 3 aromatic heterocycles. The van der Waals surface area contributed by atoms with Crippen LogP contribution in [0.2, 0.25) is 0 Å². The van der Waals surface area contributed by atoms with E-state index in [1.807, 2.05) is 36.4 Å². The number of H-pyrrole nitrogens is 1. The Morgan fingerprint density at radius 3 is 2.42 bits per heavy atom. The van der Waals surface area contributed by atoms with E-state index in [2.05, 4.69) is 60.0 Å². The SMILES string of the molecule is CC(C)c1ncc(-c2ccc3nc(NC(=O)c4ccc(C(C)(C)C)cc4)cn3n2)[nH]1.Cl. The number of aromatic nitrogens is 5. The molecular formula is C23H27ClN6O. The number of amides is 1.